The fourth-order valence-corrected chi connectivity index (χ4v) is 9.03. The first-order chi connectivity index (χ1) is 17.5. The van der Waals surface area contributed by atoms with Crippen molar-refractivity contribution in [2.24, 2.45) is 39.6 Å². The van der Waals surface area contributed by atoms with Crippen molar-refractivity contribution < 1.29 is 29.6 Å². The van der Waals surface area contributed by atoms with E-state index in [1.807, 2.05) is 0 Å². The molecule has 0 aromatic heterocycles. The van der Waals surface area contributed by atoms with Crippen LogP contribution in [0, 0.1) is 23.2 Å². The molecule has 0 radical (unpaired) electrons. The summed E-state index contributed by atoms with van der Waals surface area (Å²) in [4.78, 5) is 48.6. The highest BCUT2D eigenvalue weighted by molar-refractivity contribution is 6.02. The fourth-order valence-electron chi connectivity index (χ4n) is 9.03. The topological polar surface area (TPSA) is 201 Å². The number of guanidine groups is 2. The highest BCUT2D eigenvalue weighted by atomic mass is 16.5. The predicted molar refractivity (Wildman–Crippen MR) is 128 cm³/mol. The van der Waals surface area contributed by atoms with Gasteiger partial charge in [-0.3, -0.25) is 34.9 Å². The third-order valence-corrected chi connectivity index (χ3v) is 10.2. The van der Waals surface area contributed by atoms with Gasteiger partial charge in [0.2, 0.25) is 23.5 Å². The molecule has 37 heavy (non-hydrogen) atoms. The van der Waals surface area contributed by atoms with Crippen molar-refractivity contribution in [3.63, 3.8) is 0 Å². The molecule has 4 atom stereocenters. The van der Waals surface area contributed by atoms with Gasteiger partial charge in [0.05, 0.1) is 13.1 Å². The second-order valence-electron chi connectivity index (χ2n) is 12.4. The van der Waals surface area contributed by atoms with Crippen LogP contribution in [0.4, 0.5) is 0 Å². The first-order valence-electron chi connectivity index (χ1n) is 13.4. The Bertz CT molecular complexity index is 1100. The van der Waals surface area contributed by atoms with Crippen molar-refractivity contribution in [3.8, 4) is 0 Å². The van der Waals surface area contributed by atoms with Gasteiger partial charge in [-0.25, -0.2) is 10.3 Å². The molecule has 4 aliphatic heterocycles. The van der Waals surface area contributed by atoms with Crippen LogP contribution >= 0.6 is 0 Å². The zero-order valence-corrected chi connectivity index (χ0v) is 20.7. The second-order valence-corrected chi connectivity index (χ2v) is 12.4. The molecule has 8 aliphatic rings. The van der Waals surface area contributed by atoms with Crippen molar-refractivity contribution in [2.75, 3.05) is 13.1 Å². The summed E-state index contributed by atoms with van der Waals surface area (Å²) in [7, 11) is 0. The molecule has 4 aliphatic carbocycles. The Morgan fingerprint density at radius 1 is 1.08 bits per heavy atom. The van der Waals surface area contributed by atoms with E-state index in [2.05, 4.69) is 20.6 Å². The van der Waals surface area contributed by atoms with Crippen molar-refractivity contribution in [2.45, 2.75) is 80.9 Å². The Labute approximate surface area is 213 Å². The third-order valence-electron chi connectivity index (χ3n) is 10.2. The van der Waals surface area contributed by atoms with Crippen molar-refractivity contribution in [1.29, 1.82) is 0 Å². The van der Waals surface area contributed by atoms with Crippen LogP contribution in [0.25, 0.3) is 0 Å². The number of aliphatic hydroxyl groups is 2. The second kappa shape index (κ2) is 7.34. The van der Waals surface area contributed by atoms with E-state index >= 15 is 0 Å². The number of hydrogen-bond acceptors (Lipinski definition) is 10. The minimum Gasteiger partial charge on any atom is -0.370 e. The molecular formula is C24H35N8O5+. The zero-order chi connectivity index (χ0) is 25.9. The number of nitrogens with zero attached hydrogens (tertiary/aromatic N) is 3. The van der Waals surface area contributed by atoms with Gasteiger partial charge < -0.3 is 21.3 Å². The largest absolute Gasteiger partial charge is 0.370 e. The van der Waals surface area contributed by atoms with E-state index in [1.54, 1.807) is 0 Å². The van der Waals surface area contributed by atoms with E-state index in [9.17, 15) is 24.6 Å². The van der Waals surface area contributed by atoms with Gasteiger partial charge in [0.15, 0.2) is 12.0 Å². The van der Waals surface area contributed by atoms with Gasteiger partial charge in [0.25, 0.3) is 5.66 Å². The first kappa shape index (κ1) is 23.2. The number of likely N-dealkylation sites (tertiary alicyclic amines) is 1. The maximum atomic E-state index is 13.8. The van der Waals surface area contributed by atoms with Crippen molar-refractivity contribution in [3.05, 3.63) is 0 Å². The monoisotopic (exact) mass is 515 g/mol. The summed E-state index contributed by atoms with van der Waals surface area (Å²) < 4.78 is 0. The summed E-state index contributed by atoms with van der Waals surface area (Å²) in [6, 6.07) is -2.69. The molecule has 200 valence electrons. The summed E-state index contributed by atoms with van der Waals surface area (Å²) in [5.74, 6) is -1.42. The highest BCUT2D eigenvalue weighted by Crippen LogP contribution is 2.60. The summed E-state index contributed by atoms with van der Waals surface area (Å²) in [5.41, 5.74) is 10.3. The average molecular weight is 516 g/mol. The van der Waals surface area contributed by atoms with Crippen LogP contribution in [0.5, 0.6) is 0 Å². The number of carbonyl (C=O) groups is 3. The molecule has 6 fully saturated rings. The maximum Gasteiger partial charge on any atom is 0.343 e. The number of rotatable bonds is 4. The third kappa shape index (κ3) is 3.01. The SMILES string of the molecule is NC1=N[C@@H](CN2C(=O)CCC2=O)[C@@H]2[NH+]=C(N)N[C@]23N1C[C@H](NC(=O)C12CC4CC(CC(C4)C1)C2)C3(O)O. The van der Waals surface area contributed by atoms with E-state index in [1.165, 1.54) is 24.2 Å². The Morgan fingerprint density at radius 3 is 2.27 bits per heavy atom. The molecule has 0 aromatic rings. The zero-order valence-electron chi connectivity index (χ0n) is 20.7. The van der Waals surface area contributed by atoms with Gasteiger partial charge in [-0.05, 0) is 56.3 Å². The standard InChI is InChI=1S/C24H34N8O5/c25-20-29-18-14(9-31-16(33)1-2-17(31)34)27-21(26)32-10-15(24(36,37)23(18,32)30-20)28-19(35)22-6-11-3-12(7-22)5-13(4-11)8-22/h11-15,18,36-37H,1-10H2,(H2,26,27)(H,28,35)(H3,25,29,30)/p+1/t11?,12?,13?,14-,15-,18-,22?,23-/m0/s1. The van der Waals surface area contributed by atoms with Crippen LogP contribution in [-0.4, -0.2) is 92.3 Å². The molecule has 8 rings (SSSR count). The van der Waals surface area contributed by atoms with Crippen LogP contribution in [0.2, 0.25) is 0 Å². The fraction of sp³-hybridized carbons (Fsp3) is 0.792. The number of aliphatic imine (C=N–C) groups is 1. The molecule has 4 heterocycles. The van der Waals surface area contributed by atoms with E-state index in [-0.39, 0.29) is 55.6 Å². The molecule has 4 saturated carbocycles. The number of amides is 3. The van der Waals surface area contributed by atoms with Gasteiger partial charge >= 0.3 is 5.96 Å². The number of imide groups is 1. The molecule has 13 heteroatoms. The summed E-state index contributed by atoms with van der Waals surface area (Å²) in [6.07, 6.45) is 6.40. The minimum atomic E-state index is -2.50. The van der Waals surface area contributed by atoms with Crippen LogP contribution in [0.15, 0.2) is 4.99 Å². The van der Waals surface area contributed by atoms with E-state index in [4.69, 9.17) is 11.5 Å². The lowest BCUT2D eigenvalue weighted by molar-refractivity contribution is -0.521. The van der Waals surface area contributed by atoms with Crippen LogP contribution in [0.1, 0.15) is 51.4 Å². The average Bonchev–Trinajstić information content (AvgIpc) is 3.41. The van der Waals surface area contributed by atoms with Crippen molar-refractivity contribution >= 4 is 29.6 Å². The maximum absolute atomic E-state index is 13.8. The molecule has 0 aromatic carbocycles. The summed E-state index contributed by atoms with van der Waals surface area (Å²) in [5, 5.41) is 29.4. The number of nitrogens with two attached hydrogens (primary N) is 2. The minimum absolute atomic E-state index is 0.00714. The highest BCUT2D eigenvalue weighted by Gasteiger charge is 2.76. The Morgan fingerprint density at radius 2 is 1.68 bits per heavy atom. The van der Waals surface area contributed by atoms with Crippen LogP contribution < -0.4 is 27.1 Å². The lowest BCUT2D eigenvalue weighted by atomic mass is 9.49. The summed E-state index contributed by atoms with van der Waals surface area (Å²) >= 11 is 0. The molecule has 13 nitrogen and oxygen atoms in total. The Hall–Kier alpha value is -2.93. The molecule has 3 amide bonds. The van der Waals surface area contributed by atoms with Crippen molar-refractivity contribution in [1.82, 2.24) is 20.4 Å². The Kier molecular flexibility index (Phi) is 4.60. The molecule has 9 N–H and O–H groups in total. The molecule has 4 bridgehead atoms. The van der Waals surface area contributed by atoms with Gasteiger partial charge in [-0.2, -0.15) is 0 Å². The van der Waals surface area contributed by atoms with E-state index in [0.717, 1.165) is 24.2 Å². The van der Waals surface area contributed by atoms with E-state index in [0.29, 0.717) is 17.8 Å². The summed E-state index contributed by atoms with van der Waals surface area (Å²) in [6.45, 7) is -0.0613. The normalized spacial score (nSPS) is 44.9. The van der Waals surface area contributed by atoms with Gasteiger partial charge in [-0.15, -0.1) is 0 Å². The van der Waals surface area contributed by atoms with Crippen LogP contribution in [-0.2, 0) is 14.4 Å². The van der Waals surface area contributed by atoms with Gasteiger partial charge in [0.1, 0.15) is 12.1 Å². The molecular weight excluding hydrogens is 480 g/mol. The van der Waals surface area contributed by atoms with Gasteiger partial charge in [0, 0.05) is 18.3 Å². The Balaban J connectivity index is 1.18. The van der Waals surface area contributed by atoms with E-state index < -0.39 is 35.0 Å². The smallest absolute Gasteiger partial charge is 0.343 e. The first-order valence-corrected chi connectivity index (χ1v) is 13.4. The lowest BCUT2D eigenvalue weighted by Gasteiger charge is -2.56. The number of nitrogens with one attached hydrogen (secondary N) is 3. The lowest BCUT2D eigenvalue weighted by Crippen LogP contribution is -2.90. The predicted octanol–water partition coefficient (Wildman–Crippen LogP) is -4.41. The molecule has 2 saturated heterocycles. The number of hydrogen-bond donors (Lipinski definition) is 7. The quantitative estimate of drug-likeness (QED) is 0.143. The molecule has 0 unspecified atom stereocenters. The van der Waals surface area contributed by atoms with Gasteiger partial charge in [-0.1, -0.05) is 0 Å². The molecule has 1 spiro atoms. The van der Waals surface area contributed by atoms with Crippen LogP contribution in [0.3, 0.4) is 0 Å². The number of carbonyl (C=O) groups excluding carboxylic acids is 3.